The number of imidazole rings is 1. The Labute approximate surface area is 132 Å². The molecule has 4 aromatic rings. The first-order valence-corrected chi connectivity index (χ1v) is 6.84. The molecule has 4 rings (SSSR count). The minimum atomic E-state index is -0.666. The highest BCUT2D eigenvalue weighted by molar-refractivity contribution is 5.82. The lowest BCUT2D eigenvalue weighted by Crippen LogP contribution is -2.06. The standard InChI is InChI=1S/C14H9F2N7O/c15-8-3-4-9(16)12-10(8)19-14(11-13(17)22-24-21-11)23(12)6-7-2-1-5-18-20-7/h1-5H,6H2,(H2,17,22). The van der Waals surface area contributed by atoms with Crippen molar-refractivity contribution in [3.05, 3.63) is 47.8 Å². The summed E-state index contributed by atoms with van der Waals surface area (Å²) in [5, 5.41) is 14.9. The van der Waals surface area contributed by atoms with Crippen molar-refractivity contribution in [3.8, 4) is 11.5 Å². The van der Waals surface area contributed by atoms with Crippen LogP contribution in [0.5, 0.6) is 0 Å². The average molecular weight is 329 g/mol. The fourth-order valence-electron chi connectivity index (χ4n) is 2.43. The van der Waals surface area contributed by atoms with Crippen LogP contribution in [0.1, 0.15) is 5.69 Å². The Morgan fingerprint density at radius 3 is 2.67 bits per heavy atom. The van der Waals surface area contributed by atoms with Crippen molar-refractivity contribution >= 4 is 16.9 Å². The van der Waals surface area contributed by atoms with E-state index in [-0.39, 0.29) is 34.9 Å². The van der Waals surface area contributed by atoms with E-state index < -0.39 is 11.6 Å². The van der Waals surface area contributed by atoms with Gasteiger partial charge in [0, 0.05) is 6.20 Å². The lowest BCUT2D eigenvalue weighted by Gasteiger charge is -2.07. The predicted molar refractivity (Wildman–Crippen MR) is 78.5 cm³/mol. The van der Waals surface area contributed by atoms with E-state index in [1.54, 1.807) is 12.1 Å². The zero-order valence-electron chi connectivity index (χ0n) is 12.0. The molecule has 3 heterocycles. The van der Waals surface area contributed by atoms with E-state index in [4.69, 9.17) is 5.73 Å². The molecule has 0 saturated carbocycles. The summed E-state index contributed by atoms with van der Waals surface area (Å²) in [6.07, 6.45) is 1.51. The third kappa shape index (κ3) is 2.16. The lowest BCUT2D eigenvalue weighted by atomic mass is 10.3. The molecule has 0 amide bonds. The van der Waals surface area contributed by atoms with Crippen LogP contribution in [0.15, 0.2) is 35.1 Å². The van der Waals surface area contributed by atoms with Crippen molar-refractivity contribution in [2.45, 2.75) is 6.54 Å². The number of nitrogens with zero attached hydrogens (tertiary/aromatic N) is 6. The lowest BCUT2D eigenvalue weighted by molar-refractivity contribution is 0.310. The Morgan fingerprint density at radius 2 is 1.96 bits per heavy atom. The molecule has 2 N–H and O–H groups in total. The number of hydrogen-bond donors (Lipinski definition) is 1. The van der Waals surface area contributed by atoms with E-state index in [0.717, 1.165) is 12.1 Å². The zero-order valence-corrected chi connectivity index (χ0v) is 12.0. The zero-order chi connectivity index (χ0) is 16.7. The van der Waals surface area contributed by atoms with Crippen LogP contribution in [-0.4, -0.2) is 30.1 Å². The predicted octanol–water partition coefficient (Wildman–Crippen LogP) is 1.78. The van der Waals surface area contributed by atoms with E-state index in [1.165, 1.54) is 10.8 Å². The van der Waals surface area contributed by atoms with Gasteiger partial charge in [0.1, 0.15) is 16.9 Å². The van der Waals surface area contributed by atoms with Gasteiger partial charge in [-0.15, -0.1) is 0 Å². The SMILES string of the molecule is Nc1nonc1-c1nc2c(F)ccc(F)c2n1Cc1cccnn1. The minimum absolute atomic E-state index is 0.0296. The molecule has 0 saturated heterocycles. The topological polar surface area (TPSA) is 109 Å². The first-order valence-electron chi connectivity index (χ1n) is 6.84. The van der Waals surface area contributed by atoms with Gasteiger partial charge in [0.05, 0.1) is 12.2 Å². The van der Waals surface area contributed by atoms with Crippen LogP contribution in [0, 0.1) is 11.6 Å². The van der Waals surface area contributed by atoms with Crippen molar-refractivity contribution in [2.24, 2.45) is 0 Å². The number of aromatic nitrogens is 6. The van der Waals surface area contributed by atoms with E-state index in [9.17, 15) is 8.78 Å². The normalized spacial score (nSPS) is 11.2. The van der Waals surface area contributed by atoms with Crippen LogP contribution in [0.25, 0.3) is 22.6 Å². The molecular formula is C14H9F2N7O. The molecule has 0 bridgehead atoms. The molecule has 3 aromatic heterocycles. The van der Waals surface area contributed by atoms with Crippen molar-refractivity contribution in [2.75, 3.05) is 5.73 Å². The number of rotatable bonds is 3. The number of nitrogens with two attached hydrogens (primary N) is 1. The average Bonchev–Trinajstić information content (AvgIpc) is 3.16. The van der Waals surface area contributed by atoms with Gasteiger partial charge in [0.2, 0.25) is 0 Å². The van der Waals surface area contributed by atoms with Gasteiger partial charge in [-0.1, -0.05) is 0 Å². The highest BCUT2D eigenvalue weighted by Crippen LogP contribution is 2.30. The maximum absolute atomic E-state index is 14.3. The fourth-order valence-corrected chi connectivity index (χ4v) is 2.43. The Hall–Kier alpha value is -3.43. The van der Waals surface area contributed by atoms with Gasteiger partial charge in [-0.25, -0.2) is 18.4 Å². The fraction of sp³-hybridized carbons (Fsp3) is 0.0714. The van der Waals surface area contributed by atoms with E-state index in [1.807, 2.05) is 0 Å². The van der Waals surface area contributed by atoms with E-state index in [0.29, 0.717) is 5.69 Å². The Morgan fingerprint density at radius 1 is 1.12 bits per heavy atom. The third-order valence-electron chi connectivity index (χ3n) is 3.47. The monoisotopic (exact) mass is 329 g/mol. The van der Waals surface area contributed by atoms with Gasteiger partial charge in [-0.05, 0) is 34.6 Å². The quantitative estimate of drug-likeness (QED) is 0.610. The number of nitrogen functional groups attached to an aromatic ring is 1. The number of anilines is 1. The second-order valence-corrected chi connectivity index (χ2v) is 4.96. The highest BCUT2D eigenvalue weighted by Gasteiger charge is 2.23. The summed E-state index contributed by atoms with van der Waals surface area (Å²) in [7, 11) is 0. The summed E-state index contributed by atoms with van der Waals surface area (Å²) in [6, 6.07) is 5.42. The van der Waals surface area contributed by atoms with Crippen molar-refractivity contribution in [3.63, 3.8) is 0 Å². The first-order chi connectivity index (χ1) is 11.6. The molecule has 8 nitrogen and oxygen atoms in total. The van der Waals surface area contributed by atoms with Crippen molar-refractivity contribution in [1.82, 2.24) is 30.1 Å². The number of fused-ring (bicyclic) bond motifs is 1. The maximum Gasteiger partial charge on any atom is 0.199 e. The number of hydrogen-bond acceptors (Lipinski definition) is 7. The van der Waals surface area contributed by atoms with Crippen LogP contribution >= 0.6 is 0 Å². The van der Waals surface area contributed by atoms with Gasteiger partial charge in [0.15, 0.2) is 23.2 Å². The molecule has 120 valence electrons. The number of benzene rings is 1. The summed E-state index contributed by atoms with van der Waals surface area (Å²) in [6.45, 7) is 0.0896. The second-order valence-electron chi connectivity index (χ2n) is 4.96. The van der Waals surface area contributed by atoms with Crippen LogP contribution in [-0.2, 0) is 6.54 Å². The molecule has 0 unspecified atom stereocenters. The van der Waals surface area contributed by atoms with Crippen LogP contribution in [0.4, 0.5) is 14.6 Å². The molecule has 0 aliphatic rings. The van der Waals surface area contributed by atoms with Gasteiger partial charge >= 0.3 is 0 Å². The van der Waals surface area contributed by atoms with Crippen molar-refractivity contribution < 1.29 is 13.4 Å². The molecule has 10 heteroatoms. The summed E-state index contributed by atoms with van der Waals surface area (Å²) in [5.41, 5.74) is 6.14. The largest absolute Gasteiger partial charge is 0.379 e. The molecular weight excluding hydrogens is 320 g/mol. The van der Waals surface area contributed by atoms with Gasteiger partial charge in [-0.2, -0.15) is 10.2 Å². The molecule has 0 radical (unpaired) electrons. The molecule has 1 aromatic carbocycles. The van der Waals surface area contributed by atoms with Crippen LogP contribution in [0.3, 0.4) is 0 Å². The molecule has 0 spiro atoms. The highest BCUT2D eigenvalue weighted by atomic mass is 19.1. The maximum atomic E-state index is 14.3. The smallest absolute Gasteiger partial charge is 0.199 e. The van der Waals surface area contributed by atoms with Gasteiger partial charge in [-0.3, -0.25) is 0 Å². The third-order valence-corrected chi connectivity index (χ3v) is 3.47. The van der Waals surface area contributed by atoms with E-state index in [2.05, 4.69) is 30.1 Å². The number of halogens is 2. The Balaban J connectivity index is 2.01. The molecule has 0 aliphatic carbocycles. The van der Waals surface area contributed by atoms with Crippen LogP contribution < -0.4 is 5.73 Å². The second kappa shape index (κ2) is 5.33. The molecule has 0 fully saturated rings. The summed E-state index contributed by atoms with van der Waals surface area (Å²) < 4.78 is 34.4. The molecule has 0 aliphatic heterocycles. The molecule has 24 heavy (non-hydrogen) atoms. The molecule has 0 atom stereocenters. The van der Waals surface area contributed by atoms with Gasteiger partial charge in [0.25, 0.3) is 0 Å². The van der Waals surface area contributed by atoms with Crippen molar-refractivity contribution in [1.29, 1.82) is 0 Å². The van der Waals surface area contributed by atoms with E-state index >= 15 is 0 Å². The summed E-state index contributed by atoms with van der Waals surface area (Å²) >= 11 is 0. The Kier molecular flexibility index (Phi) is 3.15. The van der Waals surface area contributed by atoms with Crippen LogP contribution in [0.2, 0.25) is 0 Å². The summed E-state index contributed by atoms with van der Waals surface area (Å²) in [4.78, 5) is 4.13. The Bertz CT molecular complexity index is 1030. The minimum Gasteiger partial charge on any atom is -0.379 e. The summed E-state index contributed by atoms with van der Waals surface area (Å²) in [5.74, 6) is -1.21. The first kappa shape index (κ1) is 14.2. The van der Waals surface area contributed by atoms with Gasteiger partial charge < -0.3 is 10.3 Å².